The lowest BCUT2D eigenvalue weighted by molar-refractivity contribution is 0.0890. The largest absolute Gasteiger partial charge is 0.380 e. The third-order valence-corrected chi connectivity index (χ3v) is 4.56. The van der Waals surface area contributed by atoms with Gasteiger partial charge in [-0.2, -0.15) is 5.10 Å². The van der Waals surface area contributed by atoms with Gasteiger partial charge in [-0.1, -0.05) is 0 Å². The predicted molar refractivity (Wildman–Crippen MR) is 96.3 cm³/mol. The number of carbonyl (C=O) groups is 1. The Balaban J connectivity index is 1.57. The molecular formula is C18H25N5O3. The van der Waals surface area contributed by atoms with Gasteiger partial charge in [-0.05, 0) is 39.7 Å². The molecule has 0 unspecified atom stereocenters. The molecule has 0 aliphatic heterocycles. The molecule has 1 aliphatic rings. The van der Waals surface area contributed by atoms with E-state index < -0.39 is 0 Å². The summed E-state index contributed by atoms with van der Waals surface area (Å²) in [5.74, 6) is 0.708. The molecule has 2 aromatic rings. The zero-order valence-electron chi connectivity index (χ0n) is 15.4. The van der Waals surface area contributed by atoms with Crippen molar-refractivity contribution < 1.29 is 9.53 Å². The molecule has 2 aromatic heterocycles. The van der Waals surface area contributed by atoms with Gasteiger partial charge in [0.25, 0.3) is 11.5 Å². The highest BCUT2D eigenvalue weighted by atomic mass is 16.5. The molecule has 26 heavy (non-hydrogen) atoms. The fourth-order valence-electron chi connectivity index (χ4n) is 3.24. The smallest absolute Gasteiger partial charge is 0.269 e. The molecule has 0 radical (unpaired) electrons. The Hall–Kier alpha value is -2.48. The lowest BCUT2D eigenvalue weighted by Gasteiger charge is -2.35. The van der Waals surface area contributed by atoms with E-state index in [-0.39, 0.29) is 23.4 Å². The molecule has 140 valence electrons. The highest BCUT2D eigenvalue weighted by Crippen LogP contribution is 2.35. The van der Waals surface area contributed by atoms with Crippen LogP contribution in [0.25, 0.3) is 0 Å². The summed E-state index contributed by atoms with van der Waals surface area (Å²) in [6.07, 6.45) is 1.57. The highest BCUT2D eigenvalue weighted by Gasteiger charge is 2.33. The zero-order chi connectivity index (χ0) is 18.7. The van der Waals surface area contributed by atoms with Gasteiger partial charge in [0.05, 0.1) is 24.5 Å². The molecule has 2 N–H and O–H groups in total. The molecule has 1 aliphatic carbocycles. The van der Waals surface area contributed by atoms with E-state index in [0.717, 1.165) is 24.2 Å². The van der Waals surface area contributed by atoms with Crippen molar-refractivity contribution in [1.82, 2.24) is 25.1 Å². The number of nitrogens with zero attached hydrogens (tertiary/aromatic N) is 3. The molecule has 0 aromatic carbocycles. The van der Waals surface area contributed by atoms with E-state index in [0.29, 0.717) is 31.3 Å². The van der Waals surface area contributed by atoms with Crippen molar-refractivity contribution in [2.75, 3.05) is 13.2 Å². The Morgan fingerprint density at radius 3 is 2.85 bits per heavy atom. The van der Waals surface area contributed by atoms with Crippen LogP contribution in [0.2, 0.25) is 0 Å². The normalized spacial score (nSPS) is 19.2. The summed E-state index contributed by atoms with van der Waals surface area (Å²) < 4.78 is 7.04. The van der Waals surface area contributed by atoms with Crippen LogP contribution in [-0.2, 0) is 11.3 Å². The van der Waals surface area contributed by atoms with Crippen LogP contribution in [-0.4, -0.2) is 44.9 Å². The molecule has 0 atom stereocenters. The van der Waals surface area contributed by atoms with Crippen LogP contribution in [0.4, 0.5) is 0 Å². The topological polar surface area (TPSA) is 102 Å². The van der Waals surface area contributed by atoms with Crippen LogP contribution in [0.5, 0.6) is 0 Å². The van der Waals surface area contributed by atoms with Crippen LogP contribution in [0.3, 0.4) is 0 Å². The second-order valence-corrected chi connectivity index (χ2v) is 6.69. The van der Waals surface area contributed by atoms with Gasteiger partial charge < -0.3 is 15.0 Å². The molecule has 0 bridgehead atoms. The van der Waals surface area contributed by atoms with Crippen LogP contribution in [0.15, 0.2) is 16.9 Å². The lowest BCUT2D eigenvalue weighted by atomic mass is 9.78. The summed E-state index contributed by atoms with van der Waals surface area (Å²) in [6.45, 7) is 7.29. The zero-order valence-corrected chi connectivity index (χ0v) is 15.4. The minimum atomic E-state index is -0.131. The van der Waals surface area contributed by atoms with Crippen LogP contribution in [0, 0.1) is 13.8 Å². The van der Waals surface area contributed by atoms with E-state index >= 15 is 0 Å². The number of amides is 1. The van der Waals surface area contributed by atoms with E-state index in [9.17, 15) is 9.59 Å². The Labute approximate surface area is 152 Å². The van der Waals surface area contributed by atoms with Crippen molar-refractivity contribution in [3.63, 3.8) is 0 Å². The predicted octanol–water partition coefficient (Wildman–Crippen LogP) is 1.30. The lowest BCUT2D eigenvalue weighted by Crippen LogP contribution is -2.44. The van der Waals surface area contributed by atoms with Crippen molar-refractivity contribution in [3.8, 4) is 0 Å². The molecule has 1 fully saturated rings. The fraction of sp³-hybridized carbons (Fsp3) is 0.556. The molecule has 1 amide bonds. The van der Waals surface area contributed by atoms with Gasteiger partial charge in [-0.15, -0.1) is 0 Å². The quantitative estimate of drug-likeness (QED) is 0.726. The van der Waals surface area contributed by atoms with Gasteiger partial charge in [0.15, 0.2) is 0 Å². The third kappa shape index (κ3) is 4.19. The minimum Gasteiger partial charge on any atom is -0.380 e. The Morgan fingerprint density at radius 1 is 1.38 bits per heavy atom. The standard InChI is InChI=1S/C18H25N5O3/c1-4-26-6-5-23-16(7-11(2)22-23)18(25)21-14-8-13(9-14)15-10-17(24)20-12(3)19-15/h7,10,13-14H,4-6,8-9H2,1-3H3,(H,21,25)(H,19,20,24). The van der Waals surface area contributed by atoms with E-state index in [1.54, 1.807) is 23.7 Å². The molecule has 3 rings (SSSR count). The first-order valence-corrected chi connectivity index (χ1v) is 8.97. The minimum absolute atomic E-state index is 0.0874. The number of rotatable bonds is 7. The van der Waals surface area contributed by atoms with Gasteiger partial charge in [0.2, 0.25) is 0 Å². The number of carbonyl (C=O) groups excluding carboxylic acids is 1. The fourth-order valence-corrected chi connectivity index (χ4v) is 3.24. The summed E-state index contributed by atoms with van der Waals surface area (Å²) in [5, 5.41) is 7.42. The number of hydrogen-bond donors (Lipinski definition) is 2. The van der Waals surface area contributed by atoms with Crippen molar-refractivity contribution in [3.05, 3.63) is 45.4 Å². The van der Waals surface area contributed by atoms with Crippen LogP contribution in [0.1, 0.15) is 53.4 Å². The van der Waals surface area contributed by atoms with Gasteiger partial charge in [-0.3, -0.25) is 14.3 Å². The SMILES string of the molecule is CCOCCn1nc(C)cc1C(=O)NC1CC(c2cc(=O)[nH]c(C)n2)C1. The molecule has 2 heterocycles. The van der Waals surface area contributed by atoms with E-state index in [1.807, 2.05) is 13.8 Å². The summed E-state index contributed by atoms with van der Waals surface area (Å²) in [5.41, 5.74) is 2.03. The maximum absolute atomic E-state index is 12.6. The first-order chi connectivity index (χ1) is 12.5. The summed E-state index contributed by atoms with van der Waals surface area (Å²) >= 11 is 0. The number of hydrogen-bond acceptors (Lipinski definition) is 5. The number of ether oxygens (including phenoxy) is 1. The second-order valence-electron chi connectivity index (χ2n) is 6.69. The maximum atomic E-state index is 12.6. The monoisotopic (exact) mass is 359 g/mol. The van der Waals surface area contributed by atoms with Gasteiger partial charge >= 0.3 is 0 Å². The average Bonchev–Trinajstić information content (AvgIpc) is 2.90. The molecule has 1 saturated carbocycles. The van der Waals surface area contributed by atoms with Crippen molar-refractivity contribution in [2.45, 2.75) is 52.1 Å². The van der Waals surface area contributed by atoms with Gasteiger partial charge in [0.1, 0.15) is 11.5 Å². The molecule has 8 nitrogen and oxygen atoms in total. The van der Waals surface area contributed by atoms with Crippen molar-refractivity contribution in [1.29, 1.82) is 0 Å². The number of nitrogens with one attached hydrogen (secondary N) is 2. The van der Waals surface area contributed by atoms with Crippen molar-refractivity contribution in [2.24, 2.45) is 0 Å². The molecule has 8 heteroatoms. The Bertz CT molecular complexity index is 836. The van der Waals surface area contributed by atoms with Gasteiger partial charge in [0, 0.05) is 24.6 Å². The van der Waals surface area contributed by atoms with Gasteiger partial charge in [-0.25, -0.2) is 4.98 Å². The van der Waals surface area contributed by atoms with Crippen LogP contribution < -0.4 is 10.9 Å². The number of H-pyrrole nitrogens is 1. The second kappa shape index (κ2) is 7.82. The van der Waals surface area contributed by atoms with E-state index in [4.69, 9.17) is 4.74 Å². The number of aromatic amines is 1. The summed E-state index contributed by atoms with van der Waals surface area (Å²) in [7, 11) is 0. The van der Waals surface area contributed by atoms with Crippen LogP contribution >= 0.6 is 0 Å². The highest BCUT2D eigenvalue weighted by molar-refractivity contribution is 5.93. The third-order valence-electron chi connectivity index (χ3n) is 4.56. The molecular weight excluding hydrogens is 334 g/mol. The first kappa shape index (κ1) is 18.3. The Kier molecular flexibility index (Phi) is 5.51. The first-order valence-electron chi connectivity index (χ1n) is 8.97. The summed E-state index contributed by atoms with van der Waals surface area (Å²) in [4.78, 5) is 31.2. The van der Waals surface area contributed by atoms with Crippen molar-refractivity contribution >= 4 is 5.91 Å². The van der Waals surface area contributed by atoms with E-state index in [2.05, 4.69) is 20.4 Å². The summed E-state index contributed by atoms with van der Waals surface area (Å²) in [6, 6.07) is 3.42. The molecule has 0 saturated heterocycles. The van der Waals surface area contributed by atoms with E-state index in [1.165, 1.54) is 0 Å². The average molecular weight is 359 g/mol. The molecule has 0 spiro atoms. The number of aryl methyl sites for hydroxylation is 2. The number of aromatic nitrogens is 4. The Morgan fingerprint density at radius 2 is 2.15 bits per heavy atom. The maximum Gasteiger partial charge on any atom is 0.269 e.